The molecule has 13 heavy (non-hydrogen) atoms. The third-order valence-electron chi connectivity index (χ3n) is 1.95. The minimum Gasteiger partial charge on any atom is -0.310 e. The maximum Gasteiger partial charge on any atom is 0.126 e. The zero-order valence-corrected chi connectivity index (χ0v) is 8.39. The fourth-order valence-electron chi connectivity index (χ4n) is 1.07. The minimum atomic E-state index is -0.122. The van der Waals surface area contributed by atoms with Crippen molar-refractivity contribution < 1.29 is 4.39 Å². The van der Waals surface area contributed by atoms with E-state index in [0.29, 0.717) is 11.6 Å². The maximum absolute atomic E-state index is 13.1. The van der Waals surface area contributed by atoms with E-state index in [1.165, 1.54) is 0 Å². The summed E-state index contributed by atoms with van der Waals surface area (Å²) >= 11 is 0. The number of aryl methyl sites for hydroxylation is 1. The highest BCUT2D eigenvalue weighted by atomic mass is 19.1. The van der Waals surface area contributed by atoms with Crippen molar-refractivity contribution in [3.05, 3.63) is 35.1 Å². The summed E-state index contributed by atoms with van der Waals surface area (Å²) in [6, 6.07) is 5.79. The molecule has 0 saturated heterocycles. The smallest absolute Gasteiger partial charge is 0.126 e. The molecular formula is C11H16FN. The second-order valence-electron chi connectivity index (χ2n) is 3.62. The van der Waals surface area contributed by atoms with Gasteiger partial charge < -0.3 is 5.32 Å². The van der Waals surface area contributed by atoms with Gasteiger partial charge in [-0.2, -0.15) is 0 Å². The van der Waals surface area contributed by atoms with Gasteiger partial charge in [-0.1, -0.05) is 26.0 Å². The molecule has 1 rings (SSSR count). The number of halogens is 1. The zero-order valence-electron chi connectivity index (χ0n) is 8.39. The van der Waals surface area contributed by atoms with Crippen LogP contribution in [0.4, 0.5) is 4.39 Å². The molecule has 0 bridgehead atoms. The molecule has 72 valence electrons. The maximum atomic E-state index is 13.1. The largest absolute Gasteiger partial charge is 0.310 e. The first kappa shape index (κ1) is 10.2. The molecule has 1 aromatic rings. The Morgan fingerprint density at radius 2 is 2.08 bits per heavy atom. The lowest BCUT2D eigenvalue weighted by Gasteiger charge is -2.08. The molecule has 0 aliphatic heterocycles. The van der Waals surface area contributed by atoms with Crippen LogP contribution in [0.5, 0.6) is 0 Å². The number of hydrogen-bond acceptors (Lipinski definition) is 1. The third-order valence-corrected chi connectivity index (χ3v) is 1.95. The first-order valence-corrected chi connectivity index (χ1v) is 4.58. The summed E-state index contributed by atoms with van der Waals surface area (Å²) in [6.45, 7) is 6.65. The molecule has 0 aliphatic rings. The Kier molecular flexibility index (Phi) is 3.43. The van der Waals surface area contributed by atoms with Crippen LogP contribution >= 0.6 is 0 Å². The molecule has 0 aromatic heterocycles. The van der Waals surface area contributed by atoms with Crippen molar-refractivity contribution >= 4 is 0 Å². The molecule has 0 aliphatic carbocycles. The van der Waals surface area contributed by atoms with E-state index in [1.807, 2.05) is 12.1 Å². The van der Waals surface area contributed by atoms with E-state index in [0.717, 1.165) is 12.1 Å². The monoisotopic (exact) mass is 181 g/mol. The molecule has 2 heteroatoms. The average Bonchev–Trinajstić information content (AvgIpc) is 2.07. The van der Waals surface area contributed by atoms with Crippen molar-refractivity contribution in [2.24, 2.45) is 0 Å². The van der Waals surface area contributed by atoms with Gasteiger partial charge in [-0.15, -0.1) is 0 Å². The van der Waals surface area contributed by atoms with Crippen molar-refractivity contribution in [2.45, 2.75) is 33.4 Å². The predicted molar refractivity (Wildman–Crippen MR) is 53.1 cm³/mol. The Labute approximate surface area is 79.0 Å². The van der Waals surface area contributed by atoms with E-state index < -0.39 is 0 Å². The van der Waals surface area contributed by atoms with E-state index >= 15 is 0 Å². The van der Waals surface area contributed by atoms with E-state index in [4.69, 9.17) is 0 Å². The second kappa shape index (κ2) is 4.38. The van der Waals surface area contributed by atoms with Crippen LogP contribution in [-0.4, -0.2) is 6.04 Å². The van der Waals surface area contributed by atoms with Crippen molar-refractivity contribution in [3.63, 3.8) is 0 Å². The quantitative estimate of drug-likeness (QED) is 0.755. The molecule has 0 spiro atoms. The third kappa shape index (κ3) is 3.15. The highest BCUT2D eigenvalue weighted by Crippen LogP contribution is 2.08. The summed E-state index contributed by atoms with van der Waals surface area (Å²) < 4.78 is 13.1. The van der Waals surface area contributed by atoms with Gasteiger partial charge in [-0.05, 0) is 24.1 Å². The van der Waals surface area contributed by atoms with Gasteiger partial charge in [0.2, 0.25) is 0 Å². The van der Waals surface area contributed by atoms with Crippen LogP contribution in [-0.2, 0) is 6.54 Å². The number of benzene rings is 1. The van der Waals surface area contributed by atoms with Crippen LogP contribution in [0.2, 0.25) is 0 Å². The van der Waals surface area contributed by atoms with Crippen LogP contribution in [0.1, 0.15) is 25.0 Å². The highest BCUT2D eigenvalue weighted by Gasteiger charge is 1.99. The molecule has 0 fully saturated rings. The van der Waals surface area contributed by atoms with Gasteiger partial charge in [0.15, 0.2) is 0 Å². The minimum absolute atomic E-state index is 0.122. The molecule has 0 amide bonds. The number of hydrogen-bond donors (Lipinski definition) is 1. The van der Waals surface area contributed by atoms with Gasteiger partial charge in [0, 0.05) is 12.6 Å². The van der Waals surface area contributed by atoms with Gasteiger partial charge in [0.1, 0.15) is 5.82 Å². The van der Waals surface area contributed by atoms with Crippen LogP contribution in [0, 0.1) is 12.7 Å². The van der Waals surface area contributed by atoms with E-state index in [9.17, 15) is 4.39 Å². The van der Waals surface area contributed by atoms with E-state index in [1.54, 1.807) is 13.0 Å². The molecule has 1 nitrogen and oxygen atoms in total. The van der Waals surface area contributed by atoms with Crippen molar-refractivity contribution in [3.8, 4) is 0 Å². The first-order valence-electron chi connectivity index (χ1n) is 4.58. The SMILES string of the molecule is Cc1ccc(CNC(C)C)cc1F. The molecule has 1 N–H and O–H groups in total. The molecule has 0 heterocycles. The molecule has 1 aromatic carbocycles. The summed E-state index contributed by atoms with van der Waals surface area (Å²) in [6.07, 6.45) is 0. The van der Waals surface area contributed by atoms with Gasteiger partial charge in [0.25, 0.3) is 0 Å². The van der Waals surface area contributed by atoms with Crippen molar-refractivity contribution in [2.75, 3.05) is 0 Å². The van der Waals surface area contributed by atoms with Gasteiger partial charge in [-0.25, -0.2) is 4.39 Å². The summed E-state index contributed by atoms with van der Waals surface area (Å²) in [5.41, 5.74) is 1.70. The summed E-state index contributed by atoms with van der Waals surface area (Å²) in [5.74, 6) is -0.122. The van der Waals surface area contributed by atoms with Gasteiger partial charge in [0.05, 0.1) is 0 Å². The standard InChI is InChI=1S/C11H16FN/c1-8(2)13-7-10-5-4-9(3)11(12)6-10/h4-6,8,13H,7H2,1-3H3. The lowest BCUT2D eigenvalue weighted by Crippen LogP contribution is -2.21. The average molecular weight is 181 g/mol. The fraction of sp³-hybridized carbons (Fsp3) is 0.455. The van der Waals surface area contributed by atoms with E-state index in [-0.39, 0.29) is 5.82 Å². The molecule has 0 atom stereocenters. The Bertz CT molecular complexity index is 281. The summed E-state index contributed by atoms with van der Waals surface area (Å²) in [5, 5.41) is 3.24. The van der Waals surface area contributed by atoms with Crippen molar-refractivity contribution in [1.29, 1.82) is 0 Å². The van der Waals surface area contributed by atoms with Crippen LogP contribution in [0.25, 0.3) is 0 Å². The lowest BCUT2D eigenvalue weighted by atomic mass is 10.1. The van der Waals surface area contributed by atoms with Gasteiger partial charge in [-0.3, -0.25) is 0 Å². The Balaban J connectivity index is 2.63. The molecular weight excluding hydrogens is 165 g/mol. The Morgan fingerprint density at radius 1 is 1.38 bits per heavy atom. The Hall–Kier alpha value is -0.890. The highest BCUT2D eigenvalue weighted by molar-refractivity contribution is 5.23. The number of rotatable bonds is 3. The Morgan fingerprint density at radius 3 is 2.62 bits per heavy atom. The normalized spacial score (nSPS) is 10.8. The summed E-state index contributed by atoms with van der Waals surface area (Å²) in [7, 11) is 0. The van der Waals surface area contributed by atoms with Gasteiger partial charge >= 0.3 is 0 Å². The summed E-state index contributed by atoms with van der Waals surface area (Å²) in [4.78, 5) is 0. The number of nitrogens with one attached hydrogen (secondary N) is 1. The fourth-order valence-corrected chi connectivity index (χ4v) is 1.07. The zero-order chi connectivity index (χ0) is 9.84. The molecule has 0 unspecified atom stereocenters. The predicted octanol–water partition coefficient (Wildman–Crippen LogP) is 2.63. The second-order valence-corrected chi connectivity index (χ2v) is 3.62. The topological polar surface area (TPSA) is 12.0 Å². The van der Waals surface area contributed by atoms with Crippen LogP contribution in [0.15, 0.2) is 18.2 Å². The van der Waals surface area contributed by atoms with E-state index in [2.05, 4.69) is 19.2 Å². The van der Waals surface area contributed by atoms with Crippen LogP contribution < -0.4 is 5.32 Å². The lowest BCUT2D eigenvalue weighted by molar-refractivity contribution is 0.579. The van der Waals surface area contributed by atoms with Crippen molar-refractivity contribution in [1.82, 2.24) is 5.32 Å². The molecule has 0 radical (unpaired) electrons. The molecule has 0 saturated carbocycles. The van der Waals surface area contributed by atoms with Crippen LogP contribution in [0.3, 0.4) is 0 Å². The first-order chi connectivity index (χ1) is 6.09.